The van der Waals surface area contributed by atoms with Crippen LogP contribution in [0.5, 0.6) is 0 Å². The maximum atomic E-state index is 12.6. The molecule has 1 saturated heterocycles. The topological polar surface area (TPSA) is 55.8 Å². The Balaban J connectivity index is 1.46. The molecule has 2 aliphatic rings. The SMILES string of the molecule is CC1CCCN(CCCNC(=O)N2CCc3ccccc3C2CO)C1. The first kappa shape index (κ1) is 18.2. The molecule has 2 unspecified atom stereocenters. The summed E-state index contributed by atoms with van der Waals surface area (Å²) in [5.74, 6) is 0.794. The normalized spacial score (nSPS) is 24.0. The molecule has 3 rings (SSSR count). The van der Waals surface area contributed by atoms with E-state index in [0.29, 0.717) is 13.1 Å². The van der Waals surface area contributed by atoms with Crippen LogP contribution < -0.4 is 5.32 Å². The second kappa shape index (κ2) is 8.68. The van der Waals surface area contributed by atoms with Crippen molar-refractivity contribution in [1.82, 2.24) is 15.1 Å². The zero-order valence-electron chi connectivity index (χ0n) is 15.3. The van der Waals surface area contributed by atoms with Crippen molar-refractivity contribution in [3.8, 4) is 0 Å². The van der Waals surface area contributed by atoms with Crippen molar-refractivity contribution in [2.24, 2.45) is 5.92 Å². The van der Waals surface area contributed by atoms with E-state index >= 15 is 0 Å². The smallest absolute Gasteiger partial charge is 0.318 e. The number of likely N-dealkylation sites (tertiary alicyclic amines) is 1. The first-order chi connectivity index (χ1) is 12.2. The molecule has 2 atom stereocenters. The molecule has 2 amide bonds. The first-order valence-electron chi connectivity index (χ1n) is 9.64. The summed E-state index contributed by atoms with van der Waals surface area (Å²) in [7, 11) is 0. The average molecular weight is 345 g/mol. The van der Waals surface area contributed by atoms with Crippen molar-refractivity contribution >= 4 is 6.03 Å². The lowest BCUT2D eigenvalue weighted by Crippen LogP contribution is -2.47. The largest absolute Gasteiger partial charge is 0.394 e. The number of fused-ring (bicyclic) bond motifs is 1. The van der Waals surface area contributed by atoms with Crippen molar-refractivity contribution < 1.29 is 9.90 Å². The fourth-order valence-electron chi connectivity index (χ4n) is 4.18. The maximum absolute atomic E-state index is 12.6. The molecule has 5 heteroatoms. The average Bonchev–Trinajstić information content (AvgIpc) is 2.64. The molecule has 1 aromatic carbocycles. The van der Waals surface area contributed by atoms with Crippen LogP contribution in [0.25, 0.3) is 0 Å². The van der Waals surface area contributed by atoms with Gasteiger partial charge in [0.15, 0.2) is 0 Å². The Hall–Kier alpha value is -1.59. The summed E-state index contributed by atoms with van der Waals surface area (Å²) >= 11 is 0. The number of rotatable bonds is 5. The van der Waals surface area contributed by atoms with Crippen LogP contribution in [0.2, 0.25) is 0 Å². The maximum Gasteiger partial charge on any atom is 0.318 e. The summed E-state index contributed by atoms with van der Waals surface area (Å²) in [4.78, 5) is 16.9. The predicted octanol–water partition coefficient (Wildman–Crippen LogP) is 2.41. The van der Waals surface area contributed by atoms with Crippen molar-refractivity contribution in [2.75, 3.05) is 39.3 Å². The van der Waals surface area contributed by atoms with Crippen LogP contribution in [0.15, 0.2) is 24.3 Å². The van der Waals surface area contributed by atoms with Gasteiger partial charge in [-0.1, -0.05) is 31.2 Å². The molecule has 1 fully saturated rings. The van der Waals surface area contributed by atoms with E-state index < -0.39 is 0 Å². The van der Waals surface area contributed by atoms with Crippen molar-refractivity contribution in [1.29, 1.82) is 0 Å². The molecule has 0 bridgehead atoms. The van der Waals surface area contributed by atoms with Crippen molar-refractivity contribution in [2.45, 2.75) is 38.6 Å². The van der Waals surface area contributed by atoms with Crippen LogP contribution in [0.1, 0.15) is 43.4 Å². The number of hydrogen-bond donors (Lipinski definition) is 2. The van der Waals surface area contributed by atoms with Gasteiger partial charge in [0.1, 0.15) is 0 Å². The lowest BCUT2D eigenvalue weighted by molar-refractivity contribution is 0.126. The molecule has 25 heavy (non-hydrogen) atoms. The highest BCUT2D eigenvalue weighted by Crippen LogP contribution is 2.29. The Kier molecular flexibility index (Phi) is 6.32. The number of carbonyl (C=O) groups is 1. The van der Waals surface area contributed by atoms with Gasteiger partial charge >= 0.3 is 6.03 Å². The molecule has 0 radical (unpaired) electrons. The Morgan fingerprint density at radius 3 is 2.96 bits per heavy atom. The highest BCUT2D eigenvalue weighted by atomic mass is 16.3. The van der Waals surface area contributed by atoms with Gasteiger partial charge in [-0.2, -0.15) is 0 Å². The van der Waals surface area contributed by atoms with Crippen LogP contribution in [-0.2, 0) is 6.42 Å². The van der Waals surface area contributed by atoms with Crippen molar-refractivity contribution in [3.05, 3.63) is 35.4 Å². The van der Waals surface area contributed by atoms with E-state index in [9.17, 15) is 9.90 Å². The van der Waals surface area contributed by atoms with Crippen LogP contribution in [0, 0.1) is 5.92 Å². The Bertz CT molecular complexity index is 578. The summed E-state index contributed by atoms with van der Waals surface area (Å²) in [5.41, 5.74) is 2.32. The summed E-state index contributed by atoms with van der Waals surface area (Å²) in [5, 5.41) is 12.8. The lowest BCUT2D eigenvalue weighted by atomic mass is 9.93. The van der Waals surface area contributed by atoms with Gasteiger partial charge in [0, 0.05) is 19.6 Å². The minimum atomic E-state index is -0.229. The van der Waals surface area contributed by atoms with Gasteiger partial charge in [-0.25, -0.2) is 4.79 Å². The predicted molar refractivity (Wildman–Crippen MR) is 99.5 cm³/mol. The van der Waals surface area contributed by atoms with E-state index in [4.69, 9.17) is 0 Å². The Morgan fingerprint density at radius 2 is 2.16 bits per heavy atom. The van der Waals surface area contributed by atoms with E-state index in [-0.39, 0.29) is 18.7 Å². The third kappa shape index (κ3) is 4.53. The van der Waals surface area contributed by atoms with E-state index in [2.05, 4.69) is 23.2 Å². The molecule has 5 nitrogen and oxygen atoms in total. The molecule has 0 aromatic heterocycles. The molecule has 138 valence electrons. The molecule has 0 saturated carbocycles. The summed E-state index contributed by atoms with van der Waals surface area (Å²) in [6.45, 7) is 7.07. The molecular weight excluding hydrogens is 314 g/mol. The molecular formula is C20H31N3O2. The summed E-state index contributed by atoms with van der Waals surface area (Å²) in [6, 6.07) is 7.82. The van der Waals surface area contributed by atoms with Crippen LogP contribution >= 0.6 is 0 Å². The highest BCUT2D eigenvalue weighted by molar-refractivity contribution is 5.75. The highest BCUT2D eigenvalue weighted by Gasteiger charge is 2.29. The standard InChI is InChI=1S/C20H31N3O2/c1-16-6-4-11-22(14-16)12-5-10-21-20(25)23-13-9-17-7-2-3-8-18(17)19(23)15-24/h2-3,7-8,16,19,24H,4-6,9-15H2,1H3,(H,21,25). The lowest BCUT2D eigenvalue weighted by Gasteiger charge is -2.36. The van der Waals surface area contributed by atoms with Gasteiger partial charge in [0.05, 0.1) is 12.6 Å². The zero-order valence-corrected chi connectivity index (χ0v) is 15.3. The van der Waals surface area contributed by atoms with E-state index in [1.54, 1.807) is 4.90 Å². The van der Waals surface area contributed by atoms with Gasteiger partial charge in [-0.3, -0.25) is 0 Å². The first-order valence-corrected chi connectivity index (χ1v) is 9.64. The van der Waals surface area contributed by atoms with Gasteiger partial charge in [-0.05, 0) is 55.8 Å². The molecule has 2 heterocycles. The molecule has 0 spiro atoms. The van der Waals surface area contributed by atoms with E-state index in [1.807, 2.05) is 18.2 Å². The minimum Gasteiger partial charge on any atom is -0.394 e. The molecule has 0 aliphatic carbocycles. The van der Waals surface area contributed by atoms with Gasteiger partial charge in [-0.15, -0.1) is 0 Å². The van der Waals surface area contributed by atoms with Gasteiger partial charge in [0.25, 0.3) is 0 Å². The fraction of sp³-hybridized carbons (Fsp3) is 0.650. The Labute approximate surface area is 151 Å². The van der Waals surface area contributed by atoms with E-state index in [1.165, 1.54) is 31.5 Å². The third-order valence-electron chi connectivity index (χ3n) is 5.51. The van der Waals surface area contributed by atoms with Crippen LogP contribution in [-0.4, -0.2) is 60.3 Å². The number of nitrogens with one attached hydrogen (secondary N) is 1. The number of urea groups is 1. The molecule has 1 aromatic rings. The number of benzene rings is 1. The summed E-state index contributed by atoms with van der Waals surface area (Å²) < 4.78 is 0. The van der Waals surface area contributed by atoms with Crippen LogP contribution in [0.3, 0.4) is 0 Å². The zero-order chi connectivity index (χ0) is 17.6. The number of amides is 2. The monoisotopic (exact) mass is 345 g/mol. The number of aliphatic hydroxyl groups is 1. The number of nitrogens with zero attached hydrogens (tertiary/aromatic N) is 2. The fourth-order valence-corrected chi connectivity index (χ4v) is 4.18. The van der Waals surface area contributed by atoms with Crippen LogP contribution in [0.4, 0.5) is 4.79 Å². The molecule has 2 aliphatic heterocycles. The summed E-state index contributed by atoms with van der Waals surface area (Å²) in [6.07, 6.45) is 4.46. The third-order valence-corrected chi connectivity index (χ3v) is 5.51. The number of piperidine rings is 1. The Morgan fingerprint density at radius 1 is 1.32 bits per heavy atom. The minimum absolute atomic E-state index is 0.0316. The van der Waals surface area contributed by atoms with Gasteiger partial charge < -0.3 is 20.2 Å². The number of carbonyl (C=O) groups excluding carboxylic acids is 1. The second-order valence-electron chi connectivity index (χ2n) is 7.47. The number of aliphatic hydroxyl groups excluding tert-OH is 1. The number of hydrogen-bond acceptors (Lipinski definition) is 3. The van der Waals surface area contributed by atoms with E-state index in [0.717, 1.165) is 30.9 Å². The van der Waals surface area contributed by atoms with Crippen molar-refractivity contribution in [3.63, 3.8) is 0 Å². The second-order valence-corrected chi connectivity index (χ2v) is 7.47. The van der Waals surface area contributed by atoms with Gasteiger partial charge in [0.2, 0.25) is 0 Å². The quantitative estimate of drug-likeness (QED) is 0.806. The molecule has 2 N–H and O–H groups in total.